The van der Waals surface area contributed by atoms with Gasteiger partial charge < -0.3 is 15.5 Å². The van der Waals surface area contributed by atoms with E-state index in [0.29, 0.717) is 24.3 Å². The Labute approximate surface area is 114 Å². The Morgan fingerprint density at radius 1 is 1.21 bits per heavy atom. The van der Waals surface area contributed by atoms with E-state index in [0.717, 1.165) is 5.82 Å². The fraction of sp³-hybridized carbons (Fsp3) is 0.692. The van der Waals surface area contributed by atoms with Gasteiger partial charge >= 0.3 is 0 Å². The number of ether oxygens (including phenoxy) is 1. The average molecular weight is 265 g/mol. The van der Waals surface area contributed by atoms with Gasteiger partial charge in [-0.25, -0.2) is 15.8 Å². The van der Waals surface area contributed by atoms with E-state index in [1.807, 2.05) is 6.07 Å². The number of nitrogen functional groups attached to an aromatic ring is 1. The number of hydrazine groups is 1. The van der Waals surface area contributed by atoms with Crippen LogP contribution >= 0.6 is 0 Å². The van der Waals surface area contributed by atoms with E-state index in [9.17, 15) is 0 Å². The molecule has 0 bridgehead atoms. The summed E-state index contributed by atoms with van der Waals surface area (Å²) in [7, 11) is 1.62. The normalized spacial score (nSPS) is 20.1. The molecule has 1 aromatic heterocycles. The van der Waals surface area contributed by atoms with Crippen molar-refractivity contribution in [3.63, 3.8) is 0 Å². The van der Waals surface area contributed by atoms with Gasteiger partial charge in [0, 0.05) is 19.2 Å². The maximum Gasteiger partial charge on any atom is 0.158 e. The van der Waals surface area contributed by atoms with Crippen molar-refractivity contribution in [1.82, 2.24) is 9.97 Å². The van der Waals surface area contributed by atoms with Crippen molar-refractivity contribution in [3.8, 4) is 0 Å². The zero-order valence-electron chi connectivity index (χ0n) is 12.2. The summed E-state index contributed by atoms with van der Waals surface area (Å²) in [6.45, 7) is 9.38. The number of rotatable bonds is 5. The number of methoxy groups -OCH3 is 1. The summed E-state index contributed by atoms with van der Waals surface area (Å²) < 4.78 is 5.06. The zero-order valence-corrected chi connectivity index (χ0v) is 12.2. The van der Waals surface area contributed by atoms with E-state index in [1.165, 1.54) is 0 Å². The third-order valence-electron chi connectivity index (χ3n) is 4.51. The first-order valence-corrected chi connectivity index (χ1v) is 6.43. The molecule has 6 heteroatoms. The SMILES string of the molecule is COCc1nc(NN)cc(NC2C(C)(C)C2(C)C)n1. The van der Waals surface area contributed by atoms with Crippen molar-refractivity contribution in [2.24, 2.45) is 16.7 Å². The van der Waals surface area contributed by atoms with Crippen molar-refractivity contribution < 1.29 is 4.74 Å². The molecule has 0 aromatic carbocycles. The van der Waals surface area contributed by atoms with Crippen molar-refractivity contribution in [2.45, 2.75) is 40.3 Å². The Balaban J connectivity index is 2.19. The fourth-order valence-corrected chi connectivity index (χ4v) is 2.54. The third kappa shape index (κ3) is 2.37. The highest BCUT2D eigenvalue weighted by molar-refractivity contribution is 5.50. The van der Waals surface area contributed by atoms with Crippen LogP contribution in [0.4, 0.5) is 11.6 Å². The standard InChI is InChI=1S/C13H23N5O/c1-12(2)11(13(12,3)4)17-8-6-9(18-14)16-10(15-8)7-19-5/h6,11H,7,14H2,1-5H3,(H2,15,16,17,18). The summed E-state index contributed by atoms with van der Waals surface area (Å²) in [5.74, 6) is 7.40. The molecule has 1 saturated carbocycles. The van der Waals surface area contributed by atoms with Crippen LogP contribution in [0.2, 0.25) is 0 Å². The molecule has 2 rings (SSSR count). The minimum Gasteiger partial charge on any atom is -0.377 e. The number of hydrogen-bond acceptors (Lipinski definition) is 6. The molecule has 6 nitrogen and oxygen atoms in total. The second-order valence-electron chi connectivity index (χ2n) is 6.15. The molecule has 1 aliphatic carbocycles. The van der Waals surface area contributed by atoms with Crippen LogP contribution in [0.25, 0.3) is 0 Å². The number of nitrogens with zero attached hydrogens (tertiary/aromatic N) is 2. The molecule has 0 saturated heterocycles. The van der Waals surface area contributed by atoms with E-state index in [4.69, 9.17) is 10.6 Å². The molecule has 1 fully saturated rings. The molecule has 1 heterocycles. The molecule has 0 unspecified atom stereocenters. The van der Waals surface area contributed by atoms with E-state index >= 15 is 0 Å². The van der Waals surface area contributed by atoms with E-state index < -0.39 is 0 Å². The first-order chi connectivity index (χ1) is 8.82. The smallest absolute Gasteiger partial charge is 0.158 e. The monoisotopic (exact) mass is 265 g/mol. The second kappa shape index (κ2) is 4.61. The van der Waals surface area contributed by atoms with Crippen molar-refractivity contribution in [3.05, 3.63) is 11.9 Å². The van der Waals surface area contributed by atoms with Gasteiger partial charge in [0.15, 0.2) is 5.82 Å². The number of aromatic nitrogens is 2. The quantitative estimate of drug-likeness (QED) is 0.555. The molecule has 19 heavy (non-hydrogen) atoms. The first-order valence-electron chi connectivity index (χ1n) is 6.43. The lowest BCUT2D eigenvalue weighted by Gasteiger charge is -2.10. The predicted molar refractivity (Wildman–Crippen MR) is 75.5 cm³/mol. The molecule has 0 radical (unpaired) electrons. The topological polar surface area (TPSA) is 85.1 Å². The second-order valence-corrected chi connectivity index (χ2v) is 6.15. The number of nitrogens with one attached hydrogen (secondary N) is 2. The van der Waals surface area contributed by atoms with Crippen LogP contribution in [0.1, 0.15) is 33.5 Å². The number of hydrogen-bond donors (Lipinski definition) is 3. The largest absolute Gasteiger partial charge is 0.377 e. The Morgan fingerprint density at radius 2 is 1.79 bits per heavy atom. The summed E-state index contributed by atoms with van der Waals surface area (Å²) >= 11 is 0. The maximum absolute atomic E-state index is 5.43. The van der Waals surface area contributed by atoms with Gasteiger partial charge in [-0.2, -0.15) is 0 Å². The van der Waals surface area contributed by atoms with Crippen molar-refractivity contribution in [2.75, 3.05) is 17.9 Å². The molecule has 4 N–H and O–H groups in total. The lowest BCUT2D eigenvalue weighted by Crippen LogP contribution is -2.15. The molecule has 1 aromatic rings. The van der Waals surface area contributed by atoms with Gasteiger partial charge in [0.2, 0.25) is 0 Å². The highest BCUT2D eigenvalue weighted by atomic mass is 16.5. The molecule has 106 valence electrons. The van der Waals surface area contributed by atoms with Crippen LogP contribution in [0, 0.1) is 10.8 Å². The van der Waals surface area contributed by atoms with Gasteiger partial charge in [0.25, 0.3) is 0 Å². The molecule has 0 amide bonds. The van der Waals surface area contributed by atoms with Crippen LogP contribution in [-0.4, -0.2) is 23.1 Å². The Morgan fingerprint density at radius 3 is 2.26 bits per heavy atom. The molecule has 0 aliphatic heterocycles. The Bertz CT molecular complexity index is 458. The van der Waals surface area contributed by atoms with Gasteiger partial charge in [0.1, 0.15) is 18.2 Å². The number of nitrogens with two attached hydrogens (primary N) is 1. The van der Waals surface area contributed by atoms with Crippen LogP contribution in [0.15, 0.2) is 6.07 Å². The lowest BCUT2D eigenvalue weighted by molar-refractivity contribution is 0.178. The van der Waals surface area contributed by atoms with Crippen molar-refractivity contribution >= 4 is 11.6 Å². The maximum atomic E-state index is 5.43. The van der Waals surface area contributed by atoms with E-state index in [-0.39, 0.29) is 10.8 Å². The highest BCUT2D eigenvalue weighted by Crippen LogP contribution is 2.63. The van der Waals surface area contributed by atoms with Crippen LogP contribution < -0.4 is 16.6 Å². The van der Waals surface area contributed by atoms with Crippen molar-refractivity contribution in [1.29, 1.82) is 0 Å². The third-order valence-corrected chi connectivity index (χ3v) is 4.51. The highest BCUT2D eigenvalue weighted by Gasteiger charge is 2.65. The zero-order chi connectivity index (χ0) is 14.3. The predicted octanol–water partition coefficient (Wildman–Crippen LogP) is 1.76. The average Bonchev–Trinajstić information content (AvgIpc) is 2.72. The molecular formula is C13H23N5O. The first kappa shape index (κ1) is 14.0. The van der Waals surface area contributed by atoms with Crippen LogP contribution in [-0.2, 0) is 11.3 Å². The summed E-state index contributed by atoms with van der Waals surface area (Å²) in [5.41, 5.74) is 3.05. The van der Waals surface area contributed by atoms with E-state index in [1.54, 1.807) is 7.11 Å². The summed E-state index contributed by atoms with van der Waals surface area (Å²) in [4.78, 5) is 8.67. The minimum absolute atomic E-state index is 0.246. The van der Waals surface area contributed by atoms with Crippen LogP contribution in [0.3, 0.4) is 0 Å². The Kier molecular flexibility index (Phi) is 3.40. The van der Waals surface area contributed by atoms with E-state index in [2.05, 4.69) is 48.4 Å². The molecular weight excluding hydrogens is 242 g/mol. The van der Waals surface area contributed by atoms with Gasteiger partial charge in [-0.05, 0) is 10.8 Å². The summed E-state index contributed by atoms with van der Waals surface area (Å²) in [5, 5.41) is 3.47. The van der Waals surface area contributed by atoms with Gasteiger partial charge in [-0.15, -0.1) is 0 Å². The molecule has 0 atom stereocenters. The fourth-order valence-electron chi connectivity index (χ4n) is 2.54. The molecule has 0 spiro atoms. The Hall–Kier alpha value is -1.40. The summed E-state index contributed by atoms with van der Waals surface area (Å²) in [6, 6.07) is 2.19. The van der Waals surface area contributed by atoms with Gasteiger partial charge in [0.05, 0.1) is 0 Å². The minimum atomic E-state index is 0.246. The van der Waals surface area contributed by atoms with Gasteiger partial charge in [-0.1, -0.05) is 27.7 Å². The van der Waals surface area contributed by atoms with Crippen LogP contribution in [0.5, 0.6) is 0 Å². The number of anilines is 2. The summed E-state index contributed by atoms with van der Waals surface area (Å²) in [6.07, 6.45) is 0. The molecule has 1 aliphatic rings. The van der Waals surface area contributed by atoms with Gasteiger partial charge in [-0.3, -0.25) is 0 Å². The lowest BCUT2D eigenvalue weighted by atomic mass is 10.0.